The zero-order valence-corrected chi connectivity index (χ0v) is 9.35. The largest absolute Gasteiger partial charge is 0.479 e. The molecule has 1 N–H and O–H groups in total. The van der Waals surface area contributed by atoms with Crippen molar-refractivity contribution in [2.45, 2.75) is 23.8 Å². The van der Waals surface area contributed by atoms with Crippen molar-refractivity contribution >= 4 is 27.6 Å². The summed E-state index contributed by atoms with van der Waals surface area (Å²) < 4.78 is 5.34. The van der Waals surface area contributed by atoms with Gasteiger partial charge in [0.25, 0.3) is 0 Å². The predicted molar refractivity (Wildman–Crippen MR) is 58.5 cm³/mol. The van der Waals surface area contributed by atoms with Crippen LogP contribution in [0.2, 0.25) is 0 Å². The maximum absolute atomic E-state index is 10.7. The van der Waals surface area contributed by atoms with Gasteiger partial charge in [-0.15, -0.1) is 0 Å². The van der Waals surface area contributed by atoms with Gasteiger partial charge in [-0.3, -0.25) is 0 Å². The molecule has 5 heteroatoms. The summed E-state index contributed by atoms with van der Waals surface area (Å²) in [6.07, 6.45) is 0.517. The maximum Gasteiger partial charge on any atom is 0.344 e. The summed E-state index contributed by atoms with van der Waals surface area (Å²) in [5.41, 5.74) is 1.03. The van der Waals surface area contributed by atoms with Crippen LogP contribution in [0.5, 0.6) is 5.75 Å². The molecule has 1 heterocycles. The summed E-state index contributed by atoms with van der Waals surface area (Å²) in [5, 5.41) is 8.81. The van der Waals surface area contributed by atoms with Gasteiger partial charge in [0.05, 0.1) is 0 Å². The van der Waals surface area contributed by atoms with E-state index in [9.17, 15) is 4.79 Å². The first-order chi connectivity index (χ1) is 7.20. The number of hydrogen-bond donors (Lipinski definition) is 1. The molecule has 1 atom stereocenters. The second-order valence-electron chi connectivity index (χ2n) is 3.33. The highest BCUT2D eigenvalue weighted by molar-refractivity contribution is 8.21. The Morgan fingerprint density at radius 3 is 3.07 bits per heavy atom. The number of carboxylic acids is 1. The molecule has 0 aliphatic carbocycles. The van der Waals surface area contributed by atoms with Gasteiger partial charge in [-0.05, 0) is 58.3 Å². The average Bonchev–Trinajstić information content (AvgIpc) is 2.27. The van der Waals surface area contributed by atoms with Gasteiger partial charge in [0, 0.05) is 4.90 Å². The van der Waals surface area contributed by atoms with E-state index < -0.39 is 12.1 Å². The Morgan fingerprint density at radius 1 is 1.60 bits per heavy atom. The number of carbonyl (C=O) groups is 1. The minimum absolute atomic E-state index is 0.513. The summed E-state index contributed by atoms with van der Waals surface area (Å²) >= 11 is 0. The second-order valence-corrected chi connectivity index (χ2v) is 4.42. The van der Waals surface area contributed by atoms with Gasteiger partial charge in [0.15, 0.2) is 6.10 Å². The first kappa shape index (κ1) is 10.6. The van der Waals surface area contributed by atoms with Gasteiger partial charge in [-0.25, -0.2) is 4.79 Å². The molecule has 0 fully saturated rings. The van der Waals surface area contributed by atoms with Crippen molar-refractivity contribution in [3.8, 4) is 5.75 Å². The number of carboxylic acid groups (broad SMARTS) is 1. The smallest absolute Gasteiger partial charge is 0.344 e. The van der Waals surface area contributed by atoms with Crippen LogP contribution in [-0.2, 0) is 11.2 Å². The lowest BCUT2D eigenvalue weighted by Crippen LogP contribution is -2.30. The van der Waals surface area contributed by atoms with E-state index in [-0.39, 0.29) is 0 Å². The molecule has 15 heavy (non-hydrogen) atoms. The van der Waals surface area contributed by atoms with E-state index in [2.05, 4.69) is 0 Å². The molecule has 0 saturated carbocycles. The third kappa shape index (κ3) is 2.21. The van der Waals surface area contributed by atoms with E-state index in [1.807, 2.05) is 12.1 Å². The number of fused-ring (bicyclic) bond motifs is 1. The van der Waals surface area contributed by atoms with Gasteiger partial charge in [0.2, 0.25) is 0 Å². The highest BCUT2D eigenvalue weighted by Crippen LogP contribution is 2.32. The topological polar surface area (TPSA) is 46.5 Å². The van der Waals surface area contributed by atoms with Crippen LogP contribution in [0.25, 0.3) is 0 Å². The number of aryl methyl sites for hydroxylation is 1. The minimum Gasteiger partial charge on any atom is -0.479 e. The van der Waals surface area contributed by atoms with Crippen LogP contribution in [0, 0.1) is 0 Å². The van der Waals surface area contributed by atoms with Crippen LogP contribution in [0.3, 0.4) is 0 Å². The summed E-state index contributed by atoms with van der Waals surface area (Å²) in [6, 6.07) is 5.53. The maximum atomic E-state index is 10.7. The summed E-state index contributed by atoms with van der Waals surface area (Å²) in [7, 11) is 6.78. The van der Waals surface area contributed by atoms with Crippen LogP contribution < -0.4 is 4.74 Å². The van der Waals surface area contributed by atoms with Crippen molar-refractivity contribution in [2.24, 2.45) is 0 Å². The fourth-order valence-electron chi connectivity index (χ4n) is 1.59. The first-order valence-corrected chi connectivity index (χ1v) is 6.16. The molecule has 1 aliphatic rings. The number of aliphatic carboxylic acids is 1. The lowest BCUT2D eigenvalue weighted by Gasteiger charge is -2.23. The molecule has 1 aliphatic heterocycles. The van der Waals surface area contributed by atoms with Crippen LogP contribution in [0.4, 0.5) is 0 Å². The van der Waals surface area contributed by atoms with E-state index in [0.29, 0.717) is 12.2 Å². The summed E-state index contributed by atoms with van der Waals surface area (Å²) in [6.45, 7) is 0. The molecule has 0 aromatic heterocycles. The fraction of sp³-hybridized carbons (Fsp3) is 0.300. The molecule has 0 spiro atoms. The number of ether oxygens (including phenoxy) is 1. The fourth-order valence-corrected chi connectivity index (χ4v) is 2.18. The van der Waals surface area contributed by atoms with Crippen LogP contribution in [0.1, 0.15) is 12.0 Å². The number of halogens is 1. The Morgan fingerprint density at radius 2 is 2.40 bits per heavy atom. The third-order valence-electron chi connectivity index (χ3n) is 2.34. The van der Waals surface area contributed by atoms with E-state index in [0.717, 1.165) is 27.9 Å². The van der Waals surface area contributed by atoms with E-state index in [4.69, 9.17) is 20.5 Å². The molecule has 0 radical (unpaired) electrons. The molecule has 3 nitrogen and oxygen atoms in total. The molecule has 2 rings (SSSR count). The highest BCUT2D eigenvalue weighted by Gasteiger charge is 2.25. The molecular weight excluding hydrogens is 236 g/mol. The van der Waals surface area contributed by atoms with Crippen molar-refractivity contribution in [3.63, 3.8) is 0 Å². The Balaban J connectivity index is 2.24. The SMILES string of the molecule is O=C(O)C1CCc2cc(SCl)ccc2O1. The molecule has 80 valence electrons. The molecule has 1 aromatic carbocycles. The number of hydrogen-bond acceptors (Lipinski definition) is 3. The van der Waals surface area contributed by atoms with Gasteiger partial charge in [-0.2, -0.15) is 0 Å². The van der Waals surface area contributed by atoms with E-state index in [1.165, 1.54) is 0 Å². The minimum atomic E-state index is -0.906. The first-order valence-electron chi connectivity index (χ1n) is 4.51. The van der Waals surface area contributed by atoms with Gasteiger partial charge in [0.1, 0.15) is 5.75 Å². The molecular formula is C10H9ClO3S. The van der Waals surface area contributed by atoms with Gasteiger partial charge >= 0.3 is 5.97 Å². The van der Waals surface area contributed by atoms with Gasteiger partial charge in [-0.1, -0.05) is 0 Å². The summed E-state index contributed by atoms with van der Waals surface area (Å²) in [4.78, 5) is 11.7. The number of benzene rings is 1. The molecule has 0 bridgehead atoms. The average molecular weight is 245 g/mol. The Kier molecular flexibility index (Phi) is 3.07. The molecule has 0 saturated heterocycles. The van der Waals surface area contributed by atoms with Crippen molar-refractivity contribution < 1.29 is 14.6 Å². The quantitative estimate of drug-likeness (QED) is 0.869. The highest BCUT2D eigenvalue weighted by atomic mass is 35.7. The Bertz CT molecular complexity index is 394. The van der Waals surface area contributed by atoms with Gasteiger partial charge < -0.3 is 9.84 Å². The van der Waals surface area contributed by atoms with E-state index in [1.54, 1.807) is 6.07 Å². The Labute approximate surface area is 95.9 Å². The number of rotatable bonds is 2. The molecule has 0 amide bonds. The van der Waals surface area contributed by atoms with Crippen molar-refractivity contribution in [3.05, 3.63) is 23.8 Å². The zero-order chi connectivity index (χ0) is 10.8. The molecule has 1 unspecified atom stereocenters. The van der Waals surface area contributed by atoms with Crippen molar-refractivity contribution in [1.29, 1.82) is 0 Å². The normalized spacial score (nSPS) is 19.1. The predicted octanol–water partition coefficient (Wildman–Crippen LogP) is 2.71. The molecule has 1 aromatic rings. The van der Waals surface area contributed by atoms with E-state index >= 15 is 0 Å². The lowest BCUT2D eigenvalue weighted by atomic mass is 10.0. The standard InChI is InChI=1S/C10H9ClO3S/c11-15-7-2-4-8-6(5-7)1-3-9(14-8)10(12)13/h2,4-5,9H,1,3H2,(H,12,13). The lowest BCUT2D eigenvalue weighted by molar-refractivity contribution is -0.145. The second kappa shape index (κ2) is 4.33. The van der Waals surface area contributed by atoms with Crippen LogP contribution in [-0.4, -0.2) is 17.2 Å². The summed E-state index contributed by atoms with van der Waals surface area (Å²) in [5.74, 6) is -0.250. The van der Waals surface area contributed by atoms with Crippen molar-refractivity contribution in [2.75, 3.05) is 0 Å². The zero-order valence-electron chi connectivity index (χ0n) is 7.77. The van der Waals surface area contributed by atoms with Crippen molar-refractivity contribution in [1.82, 2.24) is 0 Å². The van der Waals surface area contributed by atoms with Crippen LogP contribution in [0.15, 0.2) is 23.1 Å². The Hall–Kier alpha value is -0.870. The third-order valence-corrected chi connectivity index (χ3v) is 3.31. The monoisotopic (exact) mass is 244 g/mol. The van der Waals surface area contributed by atoms with Crippen LogP contribution >= 0.6 is 21.7 Å².